The fourth-order valence-corrected chi connectivity index (χ4v) is 8.01. The molecule has 242 valence electrons. The zero-order valence-corrected chi connectivity index (χ0v) is 28.4. The van der Waals surface area contributed by atoms with Crippen LogP contribution in [-0.2, 0) is 6.42 Å². The Hall–Kier alpha value is -6.95. The molecule has 1 aliphatic heterocycles. The highest BCUT2D eigenvalue weighted by atomic mass is 15.2. The second-order valence-electron chi connectivity index (χ2n) is 13.4. The largest absolute Gasteiger partial charge is 0.310 e. The highest BCUT2D eigenvalue weighted by molar-refractivity contribution is 6.22. The predicted octanol–water partition coefficient (Wildman–Crippen LogP) is 13.0. The molecule has 0 saturated carbocycles. The van der Waals surface area contributed by atoms with Gasteiger partial charge in [0.15, 0.2) is 0 Å². The Morgan fingerprint density at radius 3 is 1.79 bits per heavy atom. The Morgan fingerprint density at radius 1 is 0.462 bits per heavy atom. The van der Waals surface area contributed by atoms with Gasteiger partial charge in [-0.1, -0.05) is 133 Å². The molecular weight excluding hydrogens is 629 g/mol. The Labute approximate surface area is 303 Å². The molecule has 0 spiro atoms. The molecule has 0 amide bonds. The van der Waals surface area contributed by atoms with Crippen LogP contribution in [0.1, 0.15) is 11.1 Å². The minimum atomic E-state index is 0.821. The topological polar surface area (TPSA) is 16.1 Å². The Kier molecular flexibility index (Phi) is 7.15. The zero-order valence-electron chi connectivity index (χ0n) is 28.4. The van der Waals surface area contributed by atoms with E-state index >= 15 is 0 Å². The number of aromatic nitrogens is 1. The fourth-order valence-electron chi connectivity index (χ4n) is 8.01. The van der Waals surface area contributed by atoms with E-state index in [1.54, 1.807) is 0 Å². The summed E-state index contributed by atoms with van der Waals surface area (Å²) >= 11 is 0. The Morgan fingerprint density at radius 2 is 1.08 bits per heavy atom. The number of hydrogen-bond donors (Lipinski definition) is 0. The molecule has 2 heteroatoms. The summed E-state index contributed by atoms with van der Waals surface area (Å²) in [6.45, 7) is 0. The SMILES string of the molecule is c1cccc(-c2ccc(N3c4ccncc4Cc4cc(-c5ccc6c(-c7ccccc7)c7ccccc7c(-c7ccccc7)c6c5)ccc43)cc2)c#1. The molecule has 1 aliphatic rings. The van der Waals surface area contributed by atoms with Gasteiger partial charge in [-0.2, -0.15) is 0 Å². The van der Waals surface area contributed by atoms with Crippen LogP contribution in [-0.4, -0.2) is 4.98 Å². The molecule has 0 saturated heterocycles. The molecule has 2 nitrogen and oxygen atoms in total. The Bertz CT molecular complexity index is 2740. The lowest BCUT2D eigenvalue weighted by molar-refractivity contribution is 1.06. The van der Waals surface area contributed by atoms with Crippen molar-refractivity contribution in [3.63, 3.8) is 0 Å². The third-order valence-electron chi connectivity index (χ3n) is 10.4. The fraction of sp³-hybridized carbons (Fsp3) is 0.0200. The van der Waals surface area contributed by atoms with E-state index in [0.29, 0.717) is 0 Å². The lowest BCUT2D eigenvalue weighted by Crippen LogP contribution is -2.18. The first-order valence-corrected chi connectivity index (χ1v) is 17.7. The zero-order chi connectivity index (χ0) is 34.4. The number of anilines is 3. The maximum atomic E-state index is 4.53. The van der Waals surface area contributed by atoms with Gasteiger partial charge in [-0.3, -0.25) is 4.98 Å². The van der Waals surface area contributed by atoms with Crippen LogP contribution in [0.15, 0.2) is 182 Å². The summed E-state index contributed by atoms with van der Waals surface area (Å²) in [5.41, 5.74) is 15.5. The lowest BCUT2D eigenvalue weighted by atomic mass is 9.84. The summed E-state index contributed by atoms with van der Waals surface area (Å²) < 4.78 is 0. The highest BCUT2D eigenvalue weighted by Gasteiger charge is 2.25. The number of pyridine rings is 1. The molecule has 0 fully saturated rings. The molecule has 1 aromatic heterocycles. The van der Waals surface area contributed by atoms with Gasteiger partial charge in [-0.05, 0) is 120 Å². The molecule has 0 radical (unpaired) electrons. The summed E-state index contributed by atoms with van der Waals surface area (Å²) in [5.74, 6) is 0. The van der Waals surface area contributed by atoms with Crippen LogP contribution < -0.4 is 4.90 Å². The van der Waals surface area contributed by atoms with E-state index in [0.717, 1.165) is 23.2 Å². The van der Waals surface area contributed by atoms with Crippen LogP contribution in [0.4, 0.5) is 17.1 Å². The Balaban J connectivity index is 1.14. The third-order valence-corrected chi connectivity index (χ3v) is 10.4. The van der Waals surface area contributed by atoms with Crippen molar-refractivity contribution in [1.82, 2.24) is 4.98 Å². The minimum absolute atomic E-state index is 0.821. The van der Waals surface area contributed by atoms with Gasteiger partial charge in [-0.15, -0.1) is 0 Å². The van der Waals surface area contributed by atoms with E-state index in [1.807, 2.05) is 24.5 Å². The van der Waals surface area contributed by atoms with Crippen molar-refractivity contribution in [2.24, 2.45) is 0 Å². The van der Waals surface area contributed by atoms with E-state index in [-0.39, 0.29) is 0 Å². The van der Waals surface area contributed by atoms with Crippen LogP contribution in [0.3, 0.4) is 0 Å². The predicted molar refractivity (Wildman–Crippen MR) is 216 cm³/mol. The van der Waals surface area contributed by atoms with E-state index in [4.69, 9.17) is 0 Å². The van der Waals surface area contributed by atoms with E-state index in [2.05, 4.69) is 180 Å². The molecule has 0 N–H and O–H groups in total. The van der Waals surface area contributed by atoms with E-state index in [9.17, 15) is 0 Å². The summed E-state index contributed by atoms with van der Waals surface area (Å²) in [4.78, 5) is 6.90. The first-order chi connectivity index (χ1) is 25.8. The summed E-state index contributed by atoms with van der Waals surface area (Å²) in [6, 6.07) is 67.6. The van der Waals surface area contributed by atoms with Crippen LogP contribution >= 0.6 is 0 Å². The van der Waals surface area contributed by atoms with Gasteiger partial charge < -0.3 is 4.90 Å². The molecule has 8 aromatic carbocycles. The average Bonchev–Trinajstić information content (AvgIpc) is 3.22. The van der Waals surface area contributed by atoms with Gasteiger partial charge in [0.25, 0.3) is 0 Å². The average molecular weight is 661 g/mol. The van der Waals surface area contributed by atoms with Crippen molar-refractivity contribution >= 4 is 38.6 Å². The second kappa shape index (κ2) is 12.4. The van der Waals surface area contributed by atoms with Crippen molar-refractivity contribution in [2.75, 3.05) is 4.90 Å². The van der Waals surface area contributed by atoms with Crippen LogP contribution in [0, 0.1) is 12.1 Å². The van der Waals surface area contributed by atoms with E-state index in [1.165, 1.54) is 77.4 Å². The summed E-state index contributed by atoms with van der Waals surface area (Å²) in [6.07, 6.45) is 4.72. The van der Waals surface area contributed by atoms with Crippen LogP contribution in [0.25, 0.3) is 66.1 Å². The van der Waals surface area contributed by atoms with Crippen molar-refractivity contribution in [1.29, 1.82) is 0 Å². The monoisotopic (exact) mass is 660 g/mol. The van der Waals surface area contributed by atoms with Crippen molar-refractivity contribution in [3.05, 3.63) is 206 Å². The number of fused-ring (bicyclic) bond motifs is 4. The van der Waals surface area contributed by atoms with E-state index < -0.39 is 0 Å². The smallest absolute Gasteiger partial charge is 0.0527 e. The van der Waals surface area contributed by atoms with Gasteiger partial charge in [-0.25, -0.2) is 0 Å². The van der Waals surface area contributed by atoms with Gasteiger partial charge >= 0.3 is 0 Å². The molecule has 9 aromatic rings. The minimum Gasteiger partial charge on any atom is -0.310 e. The standard InChI is InChI=1S/C50H32N2/c1-4-12-34(13-5-1)35-20-24-42(25-21-35)52-47-27-23-38(30-40(47)31-41-33-51-29-28-48(41)52)39-22-26-45-46(32-39)50(37-16-8-3-9-17-37)44-19-11-10-18-43(44)49(45)36-14-6-2-7-15-36/h1-4,6-12,14-30,32-33H,31H2. The summed E-state index contributed by atoms with van der Waals surface area (Å²) in [5, 5.41) is 5.04. The second-order valence-corrected chi connectivity index (χ2v) is 13.4. The van der Waals surface area contributed by atoms with Gasteiger partial charge in [0.1, 0.15) is 0 Å². The highest BCUT2D eigenvalue weighted by Crippen LogP contribution is 2.47. The third kappa shape index (κ3) is 5.03. The molecule has 0 bridgehead atoms. The first kappa shape index (κ1) is 29.9. The maximum absolute atomic E-state index is 4.53. The van der Waals surface area contributed by atoms with Gasteiger partial charge in [0.2, 0.25) is 0 Å². The molecule has 0 aliphatic carbocycles. The molecular formula is C50H32N2. The number of benzene rings is 7. The first-order valence-electron chi connectivity index (χ1n) is 17.7. The summed E-state index contributed by atoms with van der Waals surface area (Å²) in [7, 11) is 0. The number of nitrogens with zero attached hydrogens (tertiary/aromatic N) is 2. The van der Waals surface area contributed by atoms with Gasteiger partial charge in [0.05, 0.1) is 5.69 Å². The molecule has 10 rings (SSSR count). The molecule has 52 heavy (non-hydrogen) atoms. The number of rotatable bonds is 5. The quantitative estimate of drug-likeness (QED) is 0.171. The number of hydrogen-bond acceptors (Lipinski definition) is 2. The van der Waals surface area contributed by atoms with Crippen molar-refractivity contribution < 1.29 is 0 Å². The van der Waals surface area contributed by atoms with Crippen molar-refractivity contribution in [3.8, 4) is 44.5 Å². The molecule has 0 atom stereocenters. The lowest BCUT2D eigenvalue weighted by Gasteiger charge is -2.33. The van der Waals surface area contributed by atoms with Crippen molar-refractivity contribution in [2.45, 2.75) is 6.42 Å². The maximum Gasteiger partial charge on any atom is 0.0527 e. The normalized spacial score (nSPS) is 12.0. The molecule has 0 unspecified atom stereocenters. The van der Waals surface area contributed by atoms with Gasteiger partial charge in [0, 0.05) is 35.8 Å². The van der Waals surface area contributed by atoms with Crippen LogP contribution in [0.5, 0.6) is 0 Å². The van der Waals surface area contributed by atoms with Crippen LogP contribution in [0.2, 0.25) is 0 Å². The molecule has 2 heterocycles.